The number of nitrogens with one attached hydrogen (secondary N) is 1. The Morgan fingerprint density at radius 1 is 0.974 bits per heavy atom. The van der Waals surface area contributed by atoms with Crippen LogP contribution in [-0.4, -0.2) is 32.6 Å². The molecule has 3 heterocycles. The van der Waals surface area contributed by atoms with Crippen molar-refractivity contribution in [3.05, 3.63) is 112 Å². The number of rotatable bonds is 8. The number of amides is 2. The fourth-order valence-corrected chi connectivity index (χ4v) is 5.13. The Kier molecular flexibility index (Phi) is 7.55. The van der Waals surface area contributed by atoms with Crippen molar-refractivity contribution in [3.8, 4) is 27.5 Å². The van der Waals surface area contributed by atoms with Crippen LogP contribution in [0.2, 0.25) is 10.0 Å². The lowest BCUT2D eigenvalue weighted by Gasteiger charge is -2.15. The Labute approximate surface area is 232 Å². The van der Waals surface area contributed by atoms with Gasteiger partial charge in [0.25, 0.3) is 5.91 Å². The normalized spacial score (nSPS) is 11.7. The van der Waals surface area contributed by atoms with Gasteiger partial charge in [-0.3, -0.25) is 14.6 Å². The lowest BCUT2D eigenvalue weighted by Crippen LogP contribution is -2.45. The largest absolute Gasteiger partial charge is 0.368 e. The number of hydrogen-bond donors (Lipinski definition) is 2. The number of aromatic nitrogens is 3. The molecule has 0 saturated heterocycles. The van der Waals surface area contributed by atoms with E-state index < -0.39 is 11.9 Å². The van der Waals surface area contributed by atoms with Gasteiger partial charge in [0.2, 0.25) is 5.91 Å². The molecule has 5 rings (SSSR count). The zero-order chi connectivity index (χ0) is 26.6. The van der Waals surface area contributed by atoms with Gasteiger partial charge in [0, 0.05) is 24.4 Å². The molecule has 0 fully saturated rings. The standard InChI is InChI=1S/C28H21Cl2N5O2S/c29-20-9-8-19(14-21(20)30)35-24(15-22(34-35)18-7-4-12-32-16-18)25-10-11-26(38-25)28(37)33-23(27(31)36)13-17-5-2-1-3-6-17/h1-12,14-16,23H,13H2,(H2,31,36)(H,33,37)/t23-/m1/s1. The summed E-state index contributed by atoms with van der Waals surface area (Å²) in [6.07, 6.45) is 3.73. The van der Waals surface area contributed by atoms with Gasteiger partial charge in [-0.15, -0.1) is 11.3 Å². The van der Waals surface area contributed by atoms with Crippen molar-refractivity contribution in [1.82, 2.24) is 20.1 Å². The number of nitrogens with zero attached hydrogens (tertiary/aromatic N) is 3. The minimum absolute atomic E-state index is 0.304. The van der Waals surface area contributed by atoms with Crippen LogP contribution in [0.4, 0.5) is 0 Å². The lowest BCUT2D eigenvalue weighted by molar-refractivity contribution is -0.119. The Hall–Kier alpha value is -3.98. The minimum Gasteiger partial charge on any atom is -0.368 e. The van der Waals surface area contributed by atoms with E-state index in [4.69, 9.17) is 34.0 Å². The van der Waals surface area contributed by atoms with E-state index in [1.165, 1.54) is 11.3 Å². The minimum atomic E-state index is -0.839. The van der Waals surface area contributed by atoms with Crippen molar-refractivity contribution in [1.29, 1.82) is 0 Å². The second-order valence-electron chi connectivity index (χ2n) is 8.45. The van der Waals surface area contributed by atoms with Crippen LogP contribution in [0.3, 0.4) is 0 Å². The SMILES string of the molecule is NC(=O)[C@@H](Cc1ccccc1)NC(=O)c1ccc(-c2cc(-c3cccnc3)nn2-c2ccc(Cl)c(Cl)c2)s1. The molecule has 0 unspecified atom stereocenters. The molecule has 7 nitrogen and oxygen atoms in total. The van der Waals surface area contributed by atoms with Gasteiger partial charge in [0.1, 0.15) is 6.04 Å². The molecule has 0 aliphatic heterocycles. The van der Waals surface area contributed by atoms with Gasteiger partial charge in [-0.25, -0.2) is 4.68 Å². The van der Waals surface area contributed by atoms with E-state index >= 15 is 0 Å². The fraction of sp³-hybridized carbons (Fsp3) is 0.0714. The Balaban J connectivity index is 1.46. The van der Waals surface area contributed by atoms with Gasteiger partial charge in [0.05, 0.1) is 36.9 Å². The summed E-state index contributed by atoms with van der Waals surface area (Å²) in [4.78, 5) is 30.6. The summed E-state index contributed by atoms with van der Waals surface area (Å²) in [5.74, 6) is -0.980. The van der Waals surface area contributed by atoms with E-state index in [1.54, 1.807) is 35.3 Å². The Morgan fingerprint density at radius 2 is 1.79 bits per heavy atom. The number of benzene rings is 2. The van der Waals surface area contributed by atoms with Crippen LogP contribution in [0.1, 0.15) is 15.2 Å². The maximum atomic E-state index is 13.1. The smallest absolute Gasteiger partial charge is 0.262 e. The summed E-state index contributed by atoms with van der Waals surface area (Å²) in [5, 5.41) is 8.40. The molecule has 0 aliphatic carbocycles. The van der Waals surface area contributed by atoms with E-state index in [1.807, 2.05) is 60.7 Å². The van der Waals surface area contributed by atoms with Crippen LogP contribution < -0.4 is 11.1 Å². The molecule has 0 aliphatic rings. The molecule has 2 aromatic carbocycles. The van der Waals surface area contributed by atoms with Gasteiger partial charge in [-0.1, -0.05) is 53.5 Å². The van der Waals surface area contributed by atoms with E-state index in [-0.39, 0.29) is 5.91 Å². The van der Waals surface area contributed by atoms with Gasteiger partial charge < -0.3 is 11.1 Å². The lowest BCUT2D eigenvalue weighted by atomic mass is 10.1. The second kappa shape index (κ2) is 11.2. The maximum absolute atomic E-state index is 13.1. The number of primary amides is 1. The molecule has 190 valence electrons. The highest BCUT2D eigenvalue weighted by Gasteiger charge is 2.22. The van der Waals surface area contributed by atoms with Gasteiger partial charge in [-0.05, 0) is 54.1 Å². The van der Waals surface area contributed by atoms with Gasteiger partial charge in [-0.2, -0.15) is 5.10 Å². The summed E-state index contributed by atoms with van der Waals surface area (Å²) in [5.41, 5.74) is 9.49. The third-order valence-electron chi connectivity index (χ3n) is 5.83. The highest BCUT2D eigenvalue weighted by Crippen LogP contribution is 2.34. The zero-order valence-electron chi connectivity index (χ0n) is 19.8. The summed E-state index contributed by atoms with van der Waals surface area (Å²) < 4.78 is 1.75. The third-order valence-corrected chi connectivity index (χ3v) is 7.67. The highest BCUT2D eigenvalue weighted by atomic mass is 35.5. The first-order chi connectivity index (χ1) is 18.4. The van der Waals surface area contributed by atoms with Crippen LogP contribution in [0, 0.1) is 0 Å². The van der Waals surface area contributed by atoms with Gasteiger partial charge in [0.15, 0.2) is 0 Å². The monoisotopic (exact) mass is 561 g/mol. The summed E-state index contributed by atoms with van der Waals surface area (Å²) in [6.45, 7) is 0. The number of pyridine rings is 1. The number of hydrogen-bond acceptors (Lipinski definition) is 5. The Bertz CT molecular complexity index is 1600. The molecular formula is C28H21Cl2N5O2S. The van der Waals surface area contributed by atoms with Crippen LogP contribution in [0.5, 0.6) is 0 Å². The van der Waals surface area contributed by atoms with Crippen molar-refractivity contribution in [2.24, 2.45) is 5.73 Å². The van der Waals surface area contributed by atoms with E-state index in [0.29, 0.717) is 32.7 Å². The second-order valence-corrected chi connectivity index (χ2v) is 10.3. The van der Waals surface area contributed by atoms with Crippen molar-refractivity contribution in [3.63, 3.8) is 0 Å². The fourth-order valence-electron chi connectivity index (χ4n) is 3.93. The molecule has 0 bridgehead atoms. The summed E-state index contributed by atoms with van der Waals surface area (Å²) in [7, 11) is 0. The molecule has 10 heteroatoms. The molecule has 2 amide bonds. The van der Waals surface area contributed by atoms with Crippen molar-refractivity contribution in [2.45, 2.75) is 12.5 Å². The molecule has 0 spiro atoms. The summed E-state index contributed by atoms with van der Waals surface area (Å²) >= 11 is 13.7. The summed E-state index contributed by atoms with van der Waals surface area (Å²) in [6, 6.07) is 23.1. The van der Waals surface area contributed by atoms with Crippen molar-refractivity contribution in [2.75, 3.05) is 0 Å². The quantitative estimate of drug-likeness (QED) is 0.250. The van der Waals surface area contributed by atoms with E-state index in [2.05, 4.69) is 10.3 Å². The van der Waals surface area contributed by atoms with Crippen LogP contribution in [0.25, 0.3) is 27.5 Å². The van der Waals surface area contributed by atoms with Crippen LogP contribution in [-0.2, 0) is 11.2 Å². The zero-order valence-corrected chi connectivity index (χ0v) is 22.2. The molecule has 3 N–H and O–H groups in total. The highest BCUT2D eigenvalue weighted by molar-refractivity contribution is 7.17. The molecule has 0 radical (unpaired) electrons. The number of carbonyl (C=O) groups excluding carboxylic acids is 2. The first-order valence-corrected chi connectivity index (χ1v) is 13.2. The predicted molar refractivity (Wildman–Crippen MR) is 151 cm³/mol. The number of carbonyl (C=O) groups is 2. The average Bonchev–Trinajstić information content (AvgIpc) is 3.59. The number of nitrogens with two attached hydrogens (primary N) is 1. The molecule has 5 aromatic rings. The van der Waals surface area contributed by atoms with Crippen molar-refractivity contribution < 1.29 is 9.59 Å². The molecule has 1 atom stereocenters. The van der Waals surface area contributed by atoms with Crippen LogP contribution >= 0.6 is 34.5 Å². The van der Waals surface area contributed by atoms with Crippen molar-refractivity contribution >= 4 is 46.4 Å². The van der Waals surface area contributed by atoms with Gasteiger partial charge >= 0.3 is 0 Å². The predicted octanol–water partition coefficient (Wildman–Crippen LogP) is 5.80. The molecule has 38 heavy (non-hydrogen) atoms. The molecular weight excluding hydrogens is 541 g/mol. The Morgan fingerprint density at radius 3 is 2.50 bits per heavy atom. The first-order valence-electron chi connectivity index (χ1n) is 11.6. The average molecular weight is 562 g/mol. The molecule has 3 aromatic heterocycles. The third kappa shape index (κ3) is 5.62. The van der Waals surface area contributed by atoms with E-state index in [9.17, 15) is 9.59 Å². The molecule has 0 saturated carbocycles. The maximum Gasteiger partial charge on any atom is 0.262 e. The number of halogens is 2. The number of thiophene rings is 1. The first kappa shape index (κ1) is 25.7. The van der Waals surface area contributed by atoms with Crippen LogP contribution in [0.15, 0.2) is 91.3 Å². The topological polar surface area (TPSA) is 103 Å². The van der Waals surface area contributed by atoms with E-state index in [0.717, 1.165) is 21.7 Å².